The Morgan fingerprint density at radius 2 is 0.929 bits per heavy atom. The number of fused-ring (bicyclic) bond motifs is 5. The van der Waals surface area contributed by atoms with Crippen LogP contribution in [0, 0.1) is 0 Å². The Morgan fingerprint density at radius 1 is 0.429 bits per heavy atom. The molecule has 1 heterocycles. The van der Waals surface area contributed by atoms with Crippen molar-refractivity contribution in [1.82, 2.24) is 4.57 Å². The molecule has 0 atom stereocenters. The van der Waals surface area contributed by atoms with Crippen molar-refractivity contribution in [3.8, 4) is 27.9 Å². The topological polar surface area (TPSA) is 8.17 Å². The van der Waals surface area contributed by atoms with E-state index in [2.05, 4.69) is 219 Å². The minimum absolute atomic E-state index is 0.103. The highest BCUT2D eigenvalue weighted by Crippen LogP contribution is 2.50. The van der Waals surface area contributed by atoms with E-state index in [0.29, 0.717) is 0 Å². The predicted molar refractivity (Wildman–Crippen MR) is 239 cm³/mol. The minimum atomic E-state index is 0.103. The van der Waals surface area contributed by atoms with Gasteiger partial charge in [0.15, 0.2) is 0 Å². The lowest BCUT2D eigenvalue weighted by molar-refractivity contribution is 0.332. The summed E-state index contributed by atoms with van der Waals surface area (Å²) < 4.78 is 2.52. The van der Waals surface area contributed by atoms with Crippen LogP contribution in [0.4, 0.5) is 17.1 Å². The molecule has 1 aromatic heterocycles. The van der Waals surface area contributed by atoms with Gasteiger partial charge in [-0.2, -0.15) is 0 Å². The van der Waals surface area contributed by atoms with Crippen LogP contribution in [0.2, 0.25) is 0 Å². The van der Waals surface area contributed by atoms with E-state index in [0.717, 1.165) is 11.4 Å². The first kappa shape index (κ1) is 34.1. The second kappa shape index (κ2) is 13.1. The molecular weight excluding hydrogens is 677 g/mol. The lowest BCUT2D eigenvalue weighted by atomic mass is 9.63. The van der Waals surface area contributed by atoms with Crippen molar-refractivity contribution in [2.75, 3.05) is 4.90 Å². The molecule has 0 spiro atoms. The highest BCUT2D eigenvalue weighted by atomic mass is 15.1. The van der Waals surface area contributed by atoms with Gasteiger partial charge < -0.3 is 9.47 Å². The van der Waals surface area contributed by atoms with Crippen LogP contribution in [-0.4, -0.2) is 4.57 Å². The fraction of sp³-hybridized carbons (Fsp3) is 0.148. The summed E-state index contributed by atoms with van der Waals surface area (Å²) in [6, 6.07) is 67.1. The number of nitrogens with zero attached hydrogens (tertiary/aromatic N) is 2. The largest absolute Gasteiger partial charge is 0.309 e. The molecule has 2 nitrogen and oxygen atoms in total. The summed E-state index contributed by atoms with van der Waals surface area (Å²) in [6.45, 7) is 9.67. The van der Waals surface area contributed by atoms with Crippen molar-refractivity contribution in [3.63, 3.8) is 0 Å². The van der Waals surface area contributed by atoms with Crippen molar-refractivity contribution in [2.45, 2.75) is 51.4 Å². The minimum Gasteiger partial charge on any atom is -0.309 e. The Bertz CT molecular complexity index is 2800. The number of rotatable bonds is 6. The molecule has 2 heteroatoms. The Hall–Kier alpha value is -6.38. The number of hydrogen-bond donors (Lipinski definition) is 0. The molecule has 1 aliphatic carbocycles. The summed E-state index contributed by atoms with van der Waals surface area (Å²) in [5.41, 5.74) is 15.1. The van der Waals surface area contributed by atoms with E-state index < -0.39 is 0 Å². The van der Waals surface area contributed by atoms with Crippen LogP contribution in [0.25, 0.3) is 60.5 Å². The molecule has 0 saturated carbocycles. The van der Waals surface area contributed by atoms with Crippen molar-refractivity contribution in [3.05, 3.63) is 193 Å². The van der Waals surface area contributed by atoms with E-state index in [-0.39, 0.29) is 10.8 Å². The molecule has 0 amide bonds. The van der Waals surface area contributed by atoms with E-state index in [4.69, 9.17) is 0 Å². The third-order valence-electron chi connectivity index (χ3n) is 12.4. The number of hydrogen-bond acceptors (Lipinski definition) is 1. The normalized spacial score (nSPS) is 14.6. The van der Waals surface area contributed by atoms with Gasteiger partial charge in [0.25, 0.3) is 0 Å². The molecule has 1 aliphatic rings. The number of aromatic nitrogens is 1. The average Bonchev–Trinajstić information content (AvgIpc) is 3.57. The standard InChI is InChI=1S/C54H46N2/c1-53(2)33-34-54(3,4)48-36-44(31-32-47(48)53)56-49-22-14-13-21-46(49)51-50(56)35-41-19-11-12-20-45(41)52(51)55(42-27-23-39(24-28-42)37-15-7-5-8-16-37)43-29-25-40(26-30-43)38-17-9-6-10-18-38/h5-32,35-36H,33-34H2,1-4H3. The predicted octanol–water partition coefficient (Wildman–Crippen LogP) is 15.1. The first-order chi connectivity index (χ1) is 27.3. The summed E-state index contributed by atoms with van der Waals surface area (Å²) in [7, 11) is 0. The molecule has 0 bridgehead atoms. The molecule has 56 heavy (non-hydrogen) atoms. The monoisotopic (exact) mass is 722 g/mol. The van der Waals surface area contributed by atoms with Crippen LogP contribution in [-0.2, 0) is 10.8 Å². The Kier molecular flexibility index (Phi) is 8.01. The molecule has 0 fully saturated rings. The summed E-state index contributed by atoms with van der Waals surface area (Å²) in [5.74, 6) is 0. The van der Waals surface area contributed by atoms with E-state index in [9.17, 15) is 0 Å². The van der Waals surface area contributed by atoms with Gasteiger partial charge >= 0.3 is 0 Å². The van der Waals surface area contributed by atoms with Gasteiger partial charge in [-0.05, 0) is 111 Å². The Labute approximate surface area is 330 Å². The summed E-state index contributed by atoms with van der Waals surface area (Å²) in [6.07, 6.45) is 2.38. The molecular formula is C54H46N2. The fourth-order valence-corrected chi connectivity index (χ4v) is 9.27. The maximum atomic E-state index is 2.52. The second-order valence-corrected chi connectivity index (χ2v) is 16.9. The quantitative estimate of drug-likeness (QED) is 0.166. The molecule has 0 unspecified atom stereocenters. The third-order valence-corrected chi connectivity index (χ3v) is 12.4. The summed E-state index contributed by atoms with van der Waals surface area (Å²) >= 11 is 0. The van der Waals surface area contributed by atoms with Gasteiger partial charge in [-0.1, -0.05) is 161 Å². The van der Waals surface area contributed by atoms with Gasteiger partial charge in [0.1, 0.15) is 0 Å². The SMILES string of the molecule is CC1(C)CCC(C)(C)c2cc(-n3c4ccccc4c4c(N(c5ccc(-c6ccccc6)cc5)c5ccc(-c6ccccc6)cc5)c5ccccc5cc43)ccc21. The van der Waals surface area contributed by atoms with Crippen LogP contribution in [0.5, 0.6) is 0 Å². The van der Waals surface area contributed by atoms with Gasteiger partial charge in [0, 0.05) is 33.2 Å². The summed E-state index contributed by atoms with van der Waals surface area (Å²) in [4.78, 5) is 2.49. The maximum absolute atomic E-state index is 2.52. The van der Waals surface area contributed by atoms with Crippen LogP contribution in [0.3, 0.4) is 0 Å². The fourth-order valence-electron chi connectivity index (χ4n) is 9.27. The first-order valence-electron chi connectivity index (χ1n) is 20.0. The Morgan fingerprint density at radius 3 is 1.54 bits per heavy atom. The van der Waals surface area contributed by atoms with Crippen molar-refractivity contribution in [1.29, 1.82) is 0 Å². The molecule has 272 valence electrons. The Balaban J connectivity index is 1.26. The van der Waals surface area contributed by atoms with Crippen molar-refractivity contribution < 1.29 is 0 Å². The van der Waals surface area contributed by atoms with Crippen LogP contribution in [0.1, 0.15) is 51.7 Å². The van der Waals surface area contributed by atoms with Crippen molar-refractivity contribution >= 4 is 49.6 Å². The highest BCUT2D eigenvalue weighted by Gasteiger charge is 2.37. The lowest BCUT2D eigenvalue weighted by Crippen LogP contribution is -2.33. The zero-order valence-corrected chi connectivity index (χ0v) is 32.6. The molecule has 8 aromatic carbocycles. The van der Waals surface area contributed by atoms with Gasteiger partial charge in [-0.15, -0.1) is 0 Å². The van der Waals surface area contributed by atoms with Crippen molar-refractivity contribution in [2.24, 2.45) is 0 Å². The van der Waals surface area contributed by atoms with E-state index >= 15 is 0 Å². The molecule has 0 saturated heterocycles. The second-order valence-electron chi connectivity index (χ2n) is 16.9. The zero-order valence-electron chi connectivity index (χ0n) is 32.6. The lowest BCUT2D eigenvalue weighted by Gasteiger charge is -2.42. The number of para-hydroxylation sites is 1. The average molecular weight is 723 g/mol. The van der Waals surface area contributed by atoms with Gasteiger partial charge in [-0.3, -0.25) is 0 Å². The molecule has 0 N–H and O–H groups in total. The van der Waals surface area contributed by atoms with E-state index in [1.165, 1.54) is 90.2 Å². The molecule has 0 aliphatic heterocycles. The smallest absolute Gasteiger partial charge is 0.0640 e. The first-order valence-corrected chi connectivity index (χ1v) is 20.0. The zero-order chi connectivity index (χ0) is 38.0. The molecule has 9 aromatic rings. The highest BCUT2D eigenvalue weighted by molar-refractivity contribution is 6.24. The molecule has 10 rings (SSSR count). The number of anilines is 3. The van der Waals surface area contributed by atoms with Gasteiger partial charge in [-0.25, -0.2) is 0 Å². The van der Waals surface area contributed by atoms with E-state index in [1.807, 2.05) is 0 Å². The van der Waals surface area contributed by atoms with Gasteiger partial charge in [0.05, 0.1) is 16.7 Å². The van der Waals surface area contributed by atoms with Gasteiger partial charge in [0.2, 0.25) is 0 Å². The van der Waals surface area contributed by atoms with Crippen LogP contribution >= 0.6 is 0 Å². The maximum Gasteiger partial charge on any atom is 0.0640 e. The van der Waals surface area contributed by atoms with Crippen LogP contribution in [0.15, 0.2) is 182 Å². The summed E-state index contributed by atoms with van der Waals surface area (Å²) in [5, 5.41) is 4.92. The van der Waals surface area contributed by atoms with E-state index in [1.54, 1.807) is 0 Å². The number of benzene rings is 8. The molecule has 0 radical (unpaired) electrons. The van der Waals surface area contributed by atoms with Crippen LogP contribution < -0.4 is 4.90 Å². The third kappa shape index (κ3) is 5.63.